The van der Waals surface area contributed by atoms with E-state index in [0.717, 1.165) is 10.5 Å². The number of carbonyl (C=O) groups excluding carboxylic acids is 3. The highest BCUT2D eigenvalue weighted by molar-refractivity contribution is 6.36. The summed E-state index contributed by atoms with van der Waals surface area (Å²) in [6.45, 7) is 1.96. The number of nitrogens with one attached hydrogen (secondary N) is 1. The second-order valence-corrected chi connectivity index (χ2v) is 6.59. The predicted octanol–water partition coefficient (Wildman–Crippen LogP) is 3.63. The quantitative estimate of drug-likeness (QED) is 0.543. The number of nitrogens with zero attached hydrogens (tertiary/aromatic N) is 1. The first-order valence-electron chi connectivity index (χ1n) is 8.71. The highest BCUT2D eigenvalue weighted by Crippen LogP contribution is 2.32. The van der Waals surface area contributed by atoms with Gasteiger partial charge in [0.15, 0.2) is 0 Å². The lowest BCUT2D eigenvalue weighted by Gasteiger charge is -2.15. The van der Waals surface area contributed by atoms with Gasteiger partial charge in [0.05, 0.1) is 16.8 Å². The molecule has 6 nitrogen and oxygen atoms in total. The second kappa shape index (κ2) is 6.66. The van der Waals surface area contributed by atoms with Crippen molar-refractivity contribution in [1.82, 2.24) is 0 Å². The fourth-order valence-corrected chi connectivity index (χ4v) is 3.17. The molecule has 0 aliphatic carbocycles. The second-order valence-electron chi connectivity index (χ2n) is 6.59. The summed E-state index contributed by atoms with van der Waals surface area (Å²) in [7, 11) is 0. The minimum Gasteiger partial charge on any atom is -0.398 e. The number of aryl methyl sites for hydroxylation is 1. The molecule has 0 bridgehead atoms. The first-order chi connectivity index (χ1) is 13.5. The van der Waals surface area contributed by atoms with E-state index in [1.165, 1.54) is 6.07 Å². The van der Waals surface area contributed by atoms with E-state index >= 15 is 0 Å². The molecule has 4 rings (SSSR count). The van der Waals surface area contributed by atoms with Crippen molar-refractivity contribution in [1.29, 1.82) is 0 Å². The maximum absolute atomic E-state index is 12.8. The van der Waals surface area contributed by atoms with E-state index in [1.54, 1.807) is 36.4 Å². The number of anilines is 3. The number of fused-ring (bicyclic) bond motifs is 1. The van der Waals surface area contributed by atoms with Crippen molar-refractivity contribution in [2.24, 2.45) is 0 Å². The molecular weight excluding hydrogens is 354 g/mol. The van der Waals surface area contributed by atoms with Gasteiger partial charge in [-0.25, -0.2) is 4.90 Å². The molecule has 3 aromatic rings. The van der Waals surface area contributed by atoms with Crippen LogP contribution >= 0.6 is 0 Å². The minimum absolute atomic E-state index is 0.196. The fourth-order valence-electron chi connectivity index (χ4n) is 3.17. The zero-order valence-electron chi connectivity index (χ0n) is 15.1. The lowest BCUT2D eigenvalue weighted by molar-refractivity contribution is 0.0924. The predicted molar refractivity (Wildman–Crippen MR) is 108 cm³/mol. The van der Waals surface area contributed by atoms with Crippen molar-refractivity contribution in [2.75, 3.05) is 16.0 Å². The maximum atomic E-state index is 12.8. The van der Waals surface area contributed by atoms with Gasteiger partial charge in [0, 0.05) is 16.9 Å². The summed E-state index contributed by atoms with van der Waals surface area (Å²) in [6, 6.07) is 18.6. The smallest absolute Gasteiger partial charge is 0.268 e. The number of rotatable bonds is 3. The number of amides is 3. The zero-order chi connectivity index (χ0) is 19.8. The van der Waals surface area contributed by atoms with Crippen LogP contribution in [0.4, 0.5) is 17.1 Å². The minimum atomic E-state index is -0.491. The van der Waals surface area contributed by atoms with Crippen molar-refractivity contribution in [3.05, 3.63) is 89.0 Å². The van der Waals surface area contributed by atoms with E-state index in [2.05, 4.69) is 5.32 Å². The average molecular weight is 371 g/mol. The van der Waals surface area contributed by atoms with Crippen LogP contribution in [0, 0.1) is 6.92 Å². The number of benzene rings is 3. The monoisotopic (exact) mass is 371 g/mol. The molecule has 0 atom stereocenters. The molecule has 0 spiro atoms. The Hall–Kier alpha value is -3.93. The molecule has 6 heteroatoms. The number of imide groups is 1. The number of nitrogen functional groups attached to an aromatic ring is 1. The van der Waals surface area contributed by atoms with Crippen LogP contribution in [0.25, 0.3) is 0 Å². The molecule has 0 unspecified atom stereocenters. The third kappa shape index (κ3) is 2.91. The molecule has 3 N–H and O–H groups in total. The Bertz CT molecular complexity index is 1120. The van der Waals surface area contributed by atoms with Gasteiger partial charge in [-0.05, 0) is 49.4 Å². The summed E-state index contributed by atoms with van der Waals surface area (Å²) < 4.78 is 0. The van der Waals surface area contributed by atoms with E-state index in [4.69, 9.17) is 5.73 Å². The summed E-state index contributed by atoms with van der Waals surface area (Å²) in [5, 5.41) is 2.80. The number of nitrogens with two attached hydrogens (primary N) is 1. The van der Waals surface area contributed by atoms with Gasteiger partial charge in [-0.3, -0.25) is 14.4 Å². The molecule has 28 heavy (non-hydrogen) atoms. The Morgan fingerprint density at radius 1 is 0.929 bits per heavy atom. The van der Waals surface area contributed by atoms with Gasteiger partial charge >= 0.3 is 0 Å². The molecule has 0 saturated carbocycles. The normalized spacial score (nSPS) is 12.8. The summed E-state index contributed by atoms with van der Waals surface area (Å²) in [4.78, 5) is 39.1. The molecule has 1 aliphatic rings. The van der Waals surface area contributed by atoms with Crippen LogP contribution in [-0.2, 0) is 0 Å². The lowest BCUT2D eigenvalue weighted by atomic mass is 10.1. The fraction of sp³-hybridized carbons (Fsp3) is 0.0455. The topological polar surface area (TPSA) is 92.5 Å². The maximum Gasteiger partial charge on any atom is 0.268 e. The highest BCUT2D eigenvalue weighted by atomic mass is 16.2. The Balaban J connectivity index is 1.63. The molecule has 0 fully saturated rings. The third-order valence-electron chi connectivity index (χ3n) is 4.62. The van der Waals surface area contributed by atoms with E-state index < -0.39 is 11.8 Å². The molecular formula is C22H17N3O3. The molecule has 1 heterocycles. The molecule has 3 aromatic carbocycles. The van der Waals surface area contributed by atoms with Crippen molar-refractivity contribution < 1.29 is 14.4 Å². The van der Waals surface area contributed by atoms with E-state index in [9.17, 15) is 14.4 Å². The van der Waals surface area contributed by atoms with Crippen LogP contribution in [0.2, 0.25) is 0 Å². The van der Waals surface area contributed by atoms with Crippen LogP contribution in [0.1, 0.15) is 36.6 Å². The lowest BCUT2D eigenvalue weighted by Crippen LogP contribution is -2.29. The summed E-state index contributed by atoms with van der Waals surface area (Å²) in [5.41, 5.74) is 9.00. The van der Waals surface area contributed by atoms with Gasteiger partial charge in [-0.2, -0.15) is 0 Å². The Labute approximate surface area is 161 Å². The Morgan fingerprint density at radius 3 is 2.36 bits per heavy atom. The Morgan fingerprint density at radius 2 is 1.64 bits per heavy atom. The van der Waals surface area contributed by atoms with E-state index in [-0.39, 0.29) is 22.7 Å². The van der Waals surface area contributed by atoms with Crippen molar-refractivity contribution in [3.63, 3.8) is 0 Å². The molecule has 0 saturated heterocycles. The van der Waals surface area contributed by atoms with Crippen LogP contribution in [0.3, 0.4) is 0 Å². The van der Waals surface area contributed by atoms with Crippen molar-refractivity contribution >= 4 is 34.8 Å². The van der Waals surface area contributed by atoms with E-state index in [0.29, 0.717) is 16.9 Å². The van der Waals surface area contributed by atoms with Gasteiger partial charge < -0.3 is 11.1 Å². The largest absolute Gasteiger partial charge is 0.398 e. The molecule has 0 radical (unpaired) electrons. The molecule has 138 valence electrons. The summed E-state index contributed by atoms with van der Waals surface area (Å²) >= 11 is 0. The summed E-state index contributed by atoms with van der Waals surface area (Å²) in [5.74, 6) is -1.28. The number of hydrogen-bond acceptors (Lipinski definition) is 4. The van der Waals surface area contributed by atoms with Gasteiger partial charge in [-0.1, -0.05) is 29.8 Å². The first kappa shape index (κ1) is 17.5. The van der Waals surface area contributed by atoms with Crippen LogP contribution in [0.5, 0.6) is 0 Å². The van der Waals surface area contributed by atoms with Crippen LogP contribution in [-0.4, -0.2) is 17.7 Å². The van der Waals surface area contributed by atoms with E-state index in [1.807, 2.05) is 31.2 Å². The van der Waals surface area contributed by atoms with Crippen molar-refractivity contribution in [3.8, 4) is 0 Å². The van der Waals surface area contributed by atoms with Gasteiger partial charge in [0.2, 0.25) is 0 Å². The van der Waals surface area contributed by atoms with Gasteiger partial charge in [0.25, 0.3) is 17.7 Å². The first-order valence-corrected chi connectivity index (χ1v) is 8.71. The highest BCUT2D eigenvalue weighted by Gasteiger charge is 2.38. The molecule has 3 amide bonds. The third-order valence-corrected chi connectivity index (χ3v) is 4.62. The van der Waals surface area contributed by atoms with Gasteiger partial charge in [-0.15, -0.1) is 0 Å². The average Bonchev–Trinajstić information content (AvgIpc) is 2.95. The number of carbonyl (C=O) groups is 3. The molecule has 0 aromatic heterocycles. The molecule has 1 aliphatic heterocycles. The number of hydrogen-bond donors (Lipinski definition) is 2. The summed E-state index contributed by atoms with van der Waals surface area (Å²) in [6.07, 6.45) is 0. The zero-order valence-corrected chi connectivity index (χ0v) is 15.1. The standard InChI is InChI=1S/C22H17N3O3/c1-13-8-10-15(11-9-13)24-20(26)14-4-2-5-16(12-14)25-21(27)17-6-3-7-18(23)19(17)22(25)28/h2-12H,23H2,1H3,(H,24,26). The van der Waals surface area contributed by atoms with Gasteiger partial charge in [0.1, 0.15) is 0 Å². The van der Waals surface area contributed by atoms with Crippen LogP contribution < -0.4 is 16.0 Å². The van der Waals surface area contributed by atoms with Crippen molar-refractivity contribution in [2.45, 2.75) is 6.92 Å². The SMILES string of the molecule is Cc1ccc(NC(=O)c2cccc(N3C(=O)c4cccc(N)c4C3=O)c2)cc1. The van der Waals surface area contributed by atoms with Crippen LogP contribution in [0.15, 0.2) is 66.7 Å². The Kier molecular flexibility index (Phi) is 4.16.